The van der Waals surface area contributed by atoms with Gasteiger partial charge in [0.2, 0.25) is 5.91 Å². The zero-order valence-corrected chi connectivity index (χ0v) is 15.4. The summed E-state index contributed by atoms with van der Waals surface area (Å²) in [6.45, 7) is -0.323. The minimum atomic E-state index is -0.570. The number of hydrogen-bond acceptors (Lipinski definition) is 6. The van der Waals surface area contributed by atoms with Crippen molar-refractivity contribution in [3.05, 3.63) is 54.0 Å². The number of benzene rings is 1. The SMILES string of the molecule is CSc1ccccc1C(=O)OCC(=O)N(C)CC(=O)NCc1ccco1. The van der Waals surface area contributed by atoms with Gasteiger partial charge in [0.1, 0.15) is 5.76 Å². The van der Waals surface area contributed by atoms with Gasteiger partial charge in [-0.2, -0.15) is 0 Å². The molecule has 0 spiro atoms. The Kier molecular flexibility index (Phi) is 7.28. The smallest absolute Gasteiger partial charge is 0.339 e. The van der Waals surface area contributed by atoms with Crippen molar-refractivity contribution in [2.45, 2.75) is 11.4 Å². The maximum Gasteiger partial charge on any atom is 0.339 e. The van der Waals surface area contributed by atoms with E-state index in [1.54, 1.807) is 30.3 Å². The molecule has 0 fully saturated rings. The quantitative estimate of drug-likeness (QED) is 0.559. The Morgan fingerprint density at radius 2 is 1.96 bits per heavy atom. The molecule has 0 bridgehead atoms. The lowest BCUT2D eigenvalue weighted by atomic mass is 10.2. The molecule has 0 aliphatic carbocycles. The largest absolute Gasteiger partial charge is 0.467 e. The molecule has 138 valence electrons. The van der Waals surface area contributed by atoms with Gasteiger partial charge in [-0.3, -0.25) is 9.59 Å². The summed E-state index contributed by atoms with van der Waals surface area (Å²) in [4.78, 5) is 38.0. The van der Waals surface area contributed by atoms with Crippen LogP contribution in [0.1, 0.15) is 16.1 Å². The van der Waals surface area contributed by atoms with Crippen LogP contribution in [0.3, 0.4) is 0 Å². The molecule has 2 rings (SSSR count). The number of amides is 2. The topological polar surface area (TPSA) is 88.9 Å². The van der Waals surface area contributed by atoms with Crippen LogP contribution in [0.25, 0.3) is 0 Å². The van der Waals surface area contributed by atoms with Gasteiger partial charge in [0.15, 0.2) is 6.61 Å². The minimum absolute atomic E-state index is 0.140. The van der Waals surface area contributed by atoms with Gasteiger partial charge < -0.3 is 19.4 Å². The summed E-state index contributed by atoms with van der Waals surface area (Å²) in [5.41, 5.74) is 0.409. The van der Waals surface area contributed by atoms with Crippen LogP contribution < -0.4 is 5.32 Å². The Morgan fingerprint density at radius 1 is 1.19 bits per heavy atom. The zero-order valence-electron chi connectivity index (χ0n) is 14.6. The first-order chi connectivity index (χ1) is 12.5. The molecule has 2 aromatic rings. The summed E-state index contributed by atoms with van der Waals surface area (Å²) >= 11 is 1.42. The van der Waals surface area contributed by atoms with E-state index >= 15 is 0 Å². The van der Waals surface area contributed by atoms with Gasteiger partial charge in [0.05, 0.1) is 24.9 Å². The molecule has 1 heterocycles. The Bertz CT molecular complexity index is 761. The van der Waals surface area contributed by atoms with Gasteiger partial charge in [-0.05, 0) is 30.5 Å². The maximum absolute atomic E-state index is 12.1. The molecule has 2 amide bonds. The van der Waals surface area contributed by atoms with Crippen molar-refractivity contribution in [1.29, 1.82) is 0 Å². The first-order valence-corrected chi connectivity index (χ1v) is 9.07. The van der Waals surface area contributed by atoms with Crippen LogP contribution in [-0.4, -0.2) is 49.1 Å². The van der Waals surface area contributed by atoms with Crippen molar-refractivity contribution < 1.29 is 23.5 Å². The molecular weight excluding hydrogens is 356 g/mol. The molecule has 0 unspecified atom stereocenters. The Hall–Kier alpha value is -2.74. The molecule has 0 radical (unpaired) electrons. The molecule has 1 N–H and O–H groups in total. The monoisotopic (exact) mass is 376 g/mol. The fourth-order valence-electron chi connectivity index (χ4n) is 2.09. The number of nitrogens with one attached hydrogen (secondary N) is 1. The molecule has 7 nitrogen and oxygen atoms in total. The second-order valence-corrected chi connectivity index (χ2v) is 6.23. The minimum Gasteiger partial charge on any atom is -0.467 e. The van der Waals surface area contributed by atoms with E-state index in [-0.39, 0.29) is 19.0 Å². The van der Waals surface area contributed by atoms with E-state index in [1.807, 2.05) is 12.3 Å². The summed E-state index contributed by atoms with van der Waals surface area (Å²) in [5.74, 6) is -0.753. The van der Waals surface area contributed by atoms with Crippen molar-refractivity contribution >= 4 is 29.5 Å². The third-order valence-electron chi connectivity index (χ3n) is 3.50. The molecular formula is C18H20N2O5S. The van der Waals surface area contributed by atoms with E-state index in [0.717, 1.165) is 4.90 Å². The van der Waals surface area contributed by atoms with Crippen LogP contribution in [0.5, 0.6) is 0 Å². The highest BCUT2D eigenvalue weighted by Gasteiger charge is 2.17. The first-order valence-electron chi connectivity index (χ1n) is 7.84. The van der Waals surface area contributed by atoms with E-state index in [2.05, 4.69) is 5.32 Å². The van der Waals surface area contributed by atoms with E-state index in [4.69, 9.17) is 9.15 Å². The van der Waals surface area contributed by atoms with Crippen molar-refractivity contribution in [2.75, 3.05) is 26.5 Å². The Balaban J connectivity index is 1.77. The number of hydrogen-bond donors (Lipinski definition) is 1. The number of nitrogens with zero attached hydrogens (tertiary/aromatic N) is 1. The van der Waals surface area contributed by atoms with Gasteiger partial charge in [-0.1, -0.05) is 12.1 Å². The Labute approximate surface area is 155 Å². The van der Waals surface area contributed by atoms with E-state index in [0.29, 0.717) is 11.3 Å². The summed E-state index contributed by atoms with van der Waals surface area (Å²) in [5, 5.41) is 2.64. The number of thioether (sulfide) groups is 1. The fourth-order valence-corrected chi connectivity index (χ4v) is 2.67. The van der Waals surface area contributed by atoms with Crippen molar-refractivity contribution in [1.82, 2.24) is 10.2 Å². The highest BCUT2D eigenvalue weighted by atomic mass is 32.2. The average molecular weight is 376 g/mol. The summed E-state index contributed by atoms with van der Waals surface area (Å²) in [6, 6.07) is 10.5. The molecule has 0 atom stereocenters. The molecule has 26 heavy (non-hydrogen) atoms. The van der Waals surface area contributed by atoms with Crippen LogP contribution >= 0.6 is 11.8 Å². The van der Waals surface area contributed by atoms with Gasteiger partial charge in [0.25, 0.3) is 5.91 Å². The van der Waals surface area contributed by atoms with Crippen LogP contribution in [-0.2, 0) is 20.9 Å². The standard InChI is InChI=1S/C18H20N2O5S/c1-20(11-16(21)19-10-13-6-5-9-24-13)17(22)12-25-18(23)14-7-3-4-8-15(14)26-2/h3-9H,10-12H2,1-2H3,(H,19,21). The number of furan rings is 1. The average Bonchev–Trinajstić information content (AvgIpc) is 3.17. The number of esters is 1. The summed E-state index contributed by atoms with van der Waals surface area (Å²) in [7, 11) is 1.47. The van der Waals surface area contributed by atoms with Gasteiger partial charge in [-0.25, -0.2) is 4.79 Å². The lowest BCUT2D eigenvalue weighted by Gasteiger charge is -2.16. The molecule has 1 aromatic heterocycles. The maximum atomic E-state index is 12.1. The number of rotatable bonds is 8. The third kappa shape index (κ3) is 5.66. The molecule has 0 aliphatic rings. The summed E-state index contributed by atoms with van der Waals surface area (Å²) < 4.78 is 10.2. The predicted molar refractivity (Wildman–Crippen MR) is 96.7 cm³/mol. The van der Waals surface area contributed by atoms with E-state index in [9.17, 15) is 14.4 Å². The first kappa shape index (κ1) is 19.6. The molecule has 0 saturated heterocycles. The fraction of sp³-hybridized carbons (Fsp3) is 0.278. The van der Waals surface area contributed by atoms with Gasteiger partial charge in [-0.15, -0.1) is 11.8 Å². The third-order valence-corrected chi connectivity index (χ3v) is 4.30. The van der Waals surface area contributed by atoms with Crippen LogP contribution in [0.2, 0.25) is 0 Å². The van der Waals surface area contributed by atoms with Gasteiger partial charge in [0, 0.05) is 11.9 Å². The molecule has 8 heteroatoms. The van der Waals surface area contributed by atoms with E-state index < -0.39 is 18.5 Å². The highest BCUT2D eigenvalue weighted by molar-refractivity contribution is 7.98. The number of ether oxygens (including phenoxy) is 1. The molecule has 0 saturated carbocycles. The number of carbonyl (C=O) groups excluding carboxylic acids is 3. The second kappa shape index (κ2) is 9.67. The van der Waals surface area contributed by atoms with Crippen LogP contribution in [0, 0.1) is 0 Å². The number of likely N-dealkylation sites (N-methyl/N-ethyl adjacent to an activating group) is 1. The zero-order chi connectivity index (χ0) is 18.9. The number of carbonyl (C=O) groups is 3. The molecule has 1 aromatic carbocycles. The molecule has 0 aliphatic heterocycles. The van der Waals surface area contributed by atoms with Crippen LogP contribution in [0.15, 0.2) is 52.0 Å². The lowest BCUT2D eigenvalue weighted by Crippen LogP contribution is -2.39. The second-order valence-electron chi connectivity index (χ2n) is 5.38. The van der Waals surface area contributed by atoms with Gasteiger partial charge >= 0.3 is 5.97 Å². The normalized spacial score (nSPS) is 10.2. The van der Waals surface area contributed by atoms with Crippen LogP contribution in [0.4, 0.5) is 0 Å². The van der Waals surface area contributed by atoms with Crippen molar-refractivity contribution in [3.63, 3.8) is 0 Å². The Morgan fingerprint density at radius 3 is 2.65 bits per heavy atom. The van der Waals surface area contributed by atoms with E-state index in [1.165, 1.54) is 30.0 Å². The lowest BCUT2D eigenvalue weighted by molar-refractivity contribution is -0.137. The summed E-state index contributed by atoms with van der Waals surface area (Å²) in [6.07, 6.45) is 3.37. The van der Waals surface area contributed by atoms with Crippen molar-refractivity contribution in [3.8, 4) is 0 Å². The van der Waals surface area contributed by atoms with Crippen molar-refractivity contribution in [2.24, 2.45) is 0 Å². The predicted octanol–water partition coefficient (Wildman–Crippen LogP) is 1.93. The highest BCUT2D eigenvalue weighted by Crippen LogP contribution is 2.20.